The standard InChI is InChI=1S/C41H75O8P/c1-3-5-7-9-11-13-15-17-19-20-22-24-26-28-30-32-34-36-41(43)49-39(38-48-50(44,45)46)37-47-40(42)35-33-31-29-27-25-23-21-18-16-14-12-10-8-6-4-2/h13,15,18,21,25,27,39H,3-12,14,16-17,19-20,22-24,26,28-38H2,1-2H3,(H2,44,45,46)/b15-13+,21-18+,27-25+/t39-/m1/s1. The molecule has 0 heterocycles. The summed E-state index contributed by atoms with van der Waals surface area (Å²) in [5, 5.41) is 0. The summed E-state index contributed by atoms with van der Waals surface area (Å²) in [5.41, 5.74) is 0. The zero-order valence-electron chi connectivity index (χ0n) is 32.0. The smallest absolute Gasteiger partial charge is 0.462 e. The highest BCUT2D eigenvalue weighted by molar-refractivity contribution is 7.46. The molecule has 0 saturated heterocycles. The molecular formula is C41H75O8P. The summed E-state index contributed by atoms with van der Waals surface area (Å²) in [6, 6.07) is 0. The van der Waals surface area contributed by atoms with Gasteiger partial charge in [0.25, 0.3) is 0 Å². The second kappa shape index (κ2) is 37.0. The molecule has 50 heavy (non-hydrogen) atoms. The van der Waals surface area contributed by atoms with Gasteiger partial charge in [0.15, 0.2) is 6.10 Å². The Hall–Kier alpha value is -1.73. The molecule has 0 aliphatic rings. The second-order valence-electron chi connectivity index (χ2n) is 13.6. The van der Waals surface area contributed by atoms with Crippen molar-refractivity contribution in [3.05, 3.63) is 36.5 Å². The first-order valence-electron chi connectivity index (χ1n) is 20.3. The average Bonchev–Trinajstić information content (AvgIpc) is 3.08. The highest BCUT2D eigenvalue weighted by Crippen LogP contribution is 2.36. The van der Waals surface area contributed by atoms with Crippen molar-refractivity contribution in [2.75, 3.05) is 13.2 Å². The molecule has 0 fully saturated rings. The van der Waals surface area contributed by atoms with E-state index < -0.39 is 32.5 Å². The molecule has 0 saturated carbocycles. The number of phosphoric ester groups is 1. The Kier molecular flexibility index (Phi) is 35.8. The van der Waals surface area contributed by atoms with Crippen LogP contribution in [0.1, 0.15) is 194 Å². The topological polar surface area (TPSA) is 119 Å². The van der Waals surface area contributed by atoms with Crippen LogP contribution < -0.4 is 0 Å². The van der Waals surface area contributed by atoms with E-state index in [1.54, 1.807) is 0 Å². The Morgan fingerprint density at radius 3 is 1.40 bits per heavy atom. The lowest BCUT2D eigenvalue weighted by atomic mass is 10.1. The molecule has 0 aliphatic carbocycles. The molecule has 0 bridgehead atoms. The SMILES string of the molecule is CCCCCC/C=C/CCCCCCCCCCCC(=O)O[C@H](COC(=O)CCCC/C=C/C/C=C/CCCCCCCC)COP(=O)(O)O. The molecule has 0 aromatic heterocycles. The van der Waals surface area contributed by atoms with Gasteiger partial charge in [0.1, 0.15) is 6.61 Å². The van der Waals surface area contributed by atoms with Gasteiger partial charge in [-0.1, -0.05) is 147 Å². The molecule has 0 radical (unpaired) electrons. The second-order valence-corrected chi connectivity index (χ2v) is 14.8. The molecule has 1 atom stereocenters. The quantitative estimate of drug-likeness (QED) is 0.0281. The third-order valence-corrected chi connectivity index (χ3v) is 9.12. The van der Waals surface area contributed by atoms with Crippen LogP contribution in [0, 0.1) is 0 Å². The summed E-state index contributed by atoms with van der Waals surface area (Å²) in [4.78, 5) is 42.8. The molecule has 0 aliphatic heterocycles. The number of allylic oxidation sites excluding steroid dienone is 6. The summed E-state index contributed by atoms with van der Waals surface area (Å²) in [7, 11) is -4.76. The average molecular weight is 727 g/mol. The van der Waals surface area contributed by atoms with Gasteiger partial charge in [0.2, 0.25) is 0 Å². The largest absolute Gasteiger partial charge is 0.469 e. The van der Waals surface area contributed by atoms with Gasteiger partial charge < -0.3 is 19.3 Å². The Bertz CT molecular complexity index is 910. The van der Waals surface area contributed by atoms with E-state index in [2.05, 4.69) is 54.8 Å². The third-order valence-electron chi connectivity index (χ3n) is 8.63. The predicted molar refractivity (Wildman–Crippen MR) is 207 cm³/mol. The fourth-order valence-electron chi connectivity index (χ4n) is 5.57. The van der Waals surface area contributed by atoms with Gasteiger partial charge in [-0.25, -0.2) is 4.57 Å². The number of phosphoric acid groups is 1. The first-order chi connectivity index (χ1) is 24.3. The fraction of sp³-hybridized carbons (Fsp3) is 0.805. The number of unbranched alkanes of at least 4 members (excludes halogenated alkanes) is 21. The van der Waals surface area contributed by atoms with E-state index in [1.165, 1.54) is 109 Å². The van der Waals surface area contributed by atoms with E-state index in [9.17, 15) is 14.2 Å². The highest BCUT2D eigenvalue weighted by Gasteiger charge is 2.22. The summed E-state index contributed by atoms with van der Waals surface area (Å²) in [6.45, 7) is 3.64. The molecule has 9 heteroatoms. The van der Waals surface area contributed by atoms with Crippen LogP contribution in [0.2, 0.25) is 0 Å². The number of carbonyl (C=O) groups is 2. The zero-order valence-corrected chi connectivity index (χ0v) is 32.9. The monoisotopic (exact) mass is 727 g/mol. The summed E-state index contributed by atoms with van der Waals surface area (Å²) in [5.74, 6) is -0.923. The minimum absolute atomic E-state index is 0.203. The van der Waals surface area contributed by atoms with Crippen molar-refractivity contribution in [2.45, 2.75) is 200 Å². The number of hydrogen-bond donors (Lipinski definition) is 2. The normalized spacial score (nSPS) is 12.8. The van der Waals surface area contributed by atoms with E-state index in [1.807, 2.05) is 0 Å². The maximum Gasteiger partial charge on any atom is 0.469 e. The molecule has 0 aromatic carbocycles. The van der Waals surface area contributed by atoms with Gasteiger partial charge in [-0.15, -0.1) is 0 Å². The first kappa shape index (κ1) is 48.3. The molecule has 292 valence electrons. The molecule has 0 spiro atoms. The van der Waals surface area contributed by atoms with Crippen LogP contribution >= 0.6 is 7.82 Å². The maximum absolute atomic E-state index is 12.4. The van der Waals surface area contributed by atoms with Crippen LogP contribution in [0.3, 0.4) is 0 Å². The zero-order chi connectivity index (χ0) is 36.8. The van der Waals surface area contributed by atoms with Gasteiger partial charge in [-0.3, -0.25) is 14.1 Å². The van der Waals surface area contributed by atoms with E-state index >= 15 is 0 Å². The fourth-order valence-corrected chi connectivity index (χ4v) is 5.93. The van der Waals surface area contributed by atoms with Gasteiger partial charge in [0, 0.05) is 12.8 Å². The minimum Gasteiger partial charge on any atom is -0.462 e. The van der Waals surface area contributed by atoms with Gasteiger partial charge in [0.05, 0.1) is 6.61 Å². The Labute approximate surface area is 306 Å². The lowest BCUT2D eigenvalue weighted by molar-refractivity contribution is -0.161. The molecule has 0 unspecified atom stereocenters. The number of hydrogen-bond acceptors (Lipinski definition) is 6. The van der Waals surface area contributed by atoms with Crippen molar-refractivity contribution >= 4 is 19.8 Å². The van der Waals surface area contributed by atoms with Crippen molar-refractivity contribution in [3.8, 4) is 0 Å². The van der Waals surface area contributed by atoms with Crippen LogP contribution in [-0.2, 0) is 28.2 Å². The van der Waals surface area contributed by atoms with Crippen LogP contribution in [0.4, 0.5) is 0 Å². The van der Waals surface area contributed by atoms with Crippen molar-refractivity contribution in [2.24, 2.45) is 0 Å². The van der Waals surface area contributed by atoms with Gasteiger partial charge >= 0.3 is 19.8 Å². The highest BCUT2D eigenvalue weighted by atomic mass is 31.2. The lowest BCUT2D eigenvalue weighted by Gasteiger charge is -2.18. The van der Waals surface area contributed by atoms with Crippen molar-refractivity contribution < 1.29 is 37.9 Å². The third kappa shape index (κ3) is 39.1. The maximum atomic E-state index is 12.4. The van der Waals surface area contributed by atoms with Crippen LogP contribution in [-0.4, -0.2) is 41.0 Å². The van der Waals surface area contributed by atoms with Crippen molar-refractivity contribution in [3.63, 3.8) is 0 Å². The Morgan fingerprint density at radius 2 is 0.900 bits per heavy atom. The summed E-state index contributed by atoms with van der Waals surface area (Å²) < 4.78 is 26.3. The van der Waals surface area contributed by atoms with Gasteiger partial charge in [-0.05, 0) is 70.6 Å². The van der Waals surface area contributed by atoms with Crippen molar-refractivity contribution in [1.29, 1.82) is 0 Å². The Morgan fingerprint density at radius 1 is 0.520 bits per heavy atom. The summed E-state index contributed by atoms with van der Waals surface area (Å²) in [6.07, 6.45) is 42.9. The summed E-state index contributed by atoms with van der Waals surface area (Å²) >= 11 is 0. The van der Waals surface area contributed by atoms with Crippen molar-refractivity contribution in [1.82, 2.24) is 0 Å². The van der Waals surface area contributed by atoms with E-state index in [4.69, 9.17) is 19.3 Å². The number of rotatable bonds is 37. The molecule has 0 aromatic rings. The van der Waals surface area contributed by atoms with Crippen LogP contribution in [0.15, 0.2) is 36.5 Å². The van der Waals surface area contributed by atoms with E-state index in [-0.39, 0.29) is 19.4 Å². The number of esters is 2. The molecule has 8 nitrogen and oxygen atoms in total. The molecule has 0 rings (SSSR count). The van der Waals surface area contributed by atoms with E-state index in [0.29, 0.717) is 12.8 Å². The number of ether oxygens (including phenoxy) is 2. The van der Waals surface area contributed by atoms with E-state index in [0.717, 1.165) is 44.9 Å². The van der Waals surface area contributed by atoms with Gasteiger partial charge in [-0.2, -0.15) is 0 Å². The van der Waals surface area contributed by atoms with Crippen LogP contribution in [0.25, 0.3) is 0 Å². The lowest BCUT2D eigenvalue weighted by Crippen LogP contribution is -2.29. The Balaban J connectivity index is 3.98. The van der Waals surface area contributed by atoms with Crippen LogP contribution in [0.5, 0.6) is 0 Å². The molecule has 0 amide bonds. The first-order valence-corrected chi connectivity index (χ1v) is 21.8. The number of carbonyl (C=O) groups excluding carboxylic acids is 2. The molecular weight excluding hydrogens is 651 g/mol. The molecule has 2 N–H and O–H groups in total. The minimum atomic E-state index is -4.76. The predicted octanol–water partition coefficient (Wildman–Crippen LogP) is 12.2.